The highest BCUT2D eigenvalue weighted by Gasteiger charge is 2.10. The summed E-state index contributed by atoms with van der Waals surface area (Å²) < 4.78 is 13.8. The van der Waals surface area contributed by atoms with Crippen LogP contribution < -0.4 is 0 Å². The van der Waals surface area contributed by atoms with Crippen LogP contribution >= 0.6 is 11.3 Å². The molecule has 2 nitrogen and oxygen atoms in total. The van der Waals surface area contributed by atoms with Crippen LogP contribution in [0.1, 0.15) is 15.9 Å². The number of rotatable bonds is 2. The number of nitrogens with zero attached hydrogens (tertiary/aromatic N) is 1. The van der Waals surface area contributed by atoms with Crippen LogP contribution in [0.2, 0.25) is 0 Å². The van der Waals surface area contributed by atoms with Crippen molar-refractivity contribution in [1.82, 2.24) is 4.98 Å². The number of hydrogen-bond acceptors (Lipinski definition) is 3. The van der Waals surface area contributed by atoms with E-state index in [0.29, 0.717) is 11.1 Å². The normalized spacial score (nSPS) is 10.7. The van der Waals surface area contributed by atoms with E-state index in [0.717, 1.165) is 10.2 Å². The van der Waals surface area contributed by atoms with Gasteiger partial charge in [-0.3, -0.25) is 9.78 Å². The number of thiophene rings is 1. The maximum Gasteiger partial charge on any atom is 0.194 e. The first kappa shape index (κ1) is 11.0. The first-order valence-corrected chi connectivity index (χ1v) is 6.25. The second kappa shape index (κ2) is 4.31. The Hall–Kier alpha value is -2.07. The Kier molecular flexibility index (Phi) is 2.64. The summed E-state index contributed by atoms with van der Waals surface area (Å²) in [5, 5.41) is 1.93. The van der Waals surface area contributed by atoms with Crippen molar-refractivity contribution in [2.45, 2.75) is 0 Å². The molecular formula is C14H8FNOS. The van der Waals surface area contributed by atoms with Gasteiger partial charge in [-0.2, -0.15) is 0 Å². The summed E-state index contributed by atoms with van der Waals surface area (Å²) in [6, 6.07) is 9.26. The molecule has 0 fully saturated rings. The number of carbonyl (C=O) groups excluding carboxylic acids is 1. The van der Waals surface area contributed by atoms with Crippen LogP contribution in [0.25, 0.3) is 10.2 Å². The summed E-state index contributed by atoms with van der Waals surface area (Å²) in [6.45, 7) is 0. The van der Waals surface area contributed by atoms with Gasteiger partial charge in [-0.1, -0.05) is 0 Å². The number of aromatic nitrogens is 1. The molecule has 0 amide bonds. The number of fused-ring (bicyclic) bond motifs is 1. The summed E-state index contributed by atoms with van der Waals surface area (Å²) in [5.74, 6) is -0.490. The molecule has 0 N–H and O–H groups in total. The van der Waals surface area contributed by atoms with Gasteiger partial charge >= 0.3 is 0 Å². The van der Waals surface area contributed by atoms with Crippen molar-refractivity contribution in [3.8, 4) is 0 Å². The van der Waals surface area contributed by atoms with Crippen molar-refractivity contribution in [2.24, 2.45) is 0 Å². The van der Waals surface area contributed by atoms with Crippen molar-refractivity contribution in [3.63, 3.8) is 0 Å². The molecule has 0 saturated carbocycles. The molecule has 0 bridgehead atoms. The van der Waals surface area contributed by atoms with Gasteiger partial charge in [0.1, 0.15) is 5.82 Å². The molecule has 0 atom stereocenters. The lowest BCUT2D eigenvalue weighted by Crippen LogP contribution is -2.01. The Balaban J connectivity index is 2.03. The monoisotopic (exact) mass is 257 g/mol. The van der Waals surface area contributed by atoms with Crippen molar-refractivity contribution in [1.29, 1.82) is 0 Å². The van der Waals surface area contributed by atoms with Crippen molar-refractivity contribution < 1.29 is 9.18 Å². The van der Waals surface area contributed by atoms with Crippen molar-refractivity contribution >= 4 is 27.3 Å². The van der Waals surface area contributed by atoms with Gasteiger partial charge in [0, 0.05) is 17.3 Å². The Morgan fingerprint density at radius 1 is 1.11 bits per heavy atom. The zero-order valence-electron chi connectivity index (χ0n) is 9.26. The number of hydrogen-bond donors (Lipinski definition) is 0. The molecule has 0 aliphatic rings. The van der Waals surface area contributed by atoms with Gasteiger partial charge in [0.15, 0.2) is 5.78 Å². The Labute approximate surface area is 107 Å². The third kappa shape index (κ3) is 1.91. The Morgan fingerprint density at radius 2 is 1.89 bits per heavy atom. The van der Waals surface area contributed by atoms with Crippen molar-refractivity contribution in [2.75, 3.05) is 0 Å². The number of pyridine rings is 1. The lowest BCUT2D eigenvalue weighted by Gasteiger charge is -2.01. The predicted octanol–water partition coefficient (Wildman–Crippen LogP) is 3.67. The summed E-state index contributed by atoms with van der Waals surface area (Å²) in [6.07, 6.45) is 1.56. The summed E-state index contributed by atoms with van der Waals surface area (Å²) in [4.78, 5) is 16.4. The minimum atomic E-state index is -0.349. The first-order valence-electron chi connectivity index (χ1n) is 5.37. The zero-order chi connectivity index (χ0) is 12.5. The fourth-order valence-corrected chi connectivity index (χ4v) is 2.52. The largest absolute Gasteiger partial charge is 0.289 e. The van der Waals surface area contributed by atoms with E-state index >= 15 is 0 Å². The molecule has 1 aromatic carbocycles. The molecule has 0 aliphatic heterocycles. The third-order valence-electron chi connectivity index (χ3n) is 2.67. The molecule has 3 aromatic rings. The minimum absolute atomic E-state index is 0.141. The van der Waals surface area contributed by atoms with Crippen LogP contribution in [-0.4, -0.2) is 10.8 Å². The number of ketones is 1. The van der Waals surface area contributed by atoms with Gasteiger partial charge in [0.2, 0.25) is 0 Å². The topological polar surface area (TPSA) is 30.0 Å². The Morgan fingerprint density at radius 3 is 2.67 bits per heavy atom. The summed E-state index contributed by atoms with van der Waals surface area (Å²) in [5.41, 5.74) is 1.88. The maximum atomic E-state index is 12.8. The maximum absolute atomic E-state index is 12.8. The van der Waals surface area contributed by atoms with Gasteiger partial charge in [-0.05, 0) is 41.8 Å². The van der Waals surface area contributed by atoms with E-state index in [9.17, 15) is 9.18 Å². The molecule has 0 spiro atoms. The summed E-state index contributed by atoms with van der Waals surface area (Å²) in [7, 11) is 0. The molecule has 88 valence electrons. The highest BCUT2D eigenvalue weighted by atomic mass is 32.1. The molecule has 2 aromatic heterocycles. The van der Waals surface area contributed by atoms with Gasteiger partial charge in [-0.15, -0.1) is 11.3 Å². The Bertz CT molecular complexity index is 718. The van der Waals surface area contributed by atoms with E-state index < -0.39 is 0 Å². The molecule has 3 rings (SSSR count). The molecule has 0 unspecified atom stereocenters. The SMILES string of the molecule is O=C(c1ccc(F)cc1)c1cnc2ccsc2c1. The summed E-state index contributed by atoms with van der Waals surface area (Å²) >= 11 is 1.54. The quantitative estimate of drug-likeness (QED) is 0.656. The molecule has 2 heterocycles. The van der Waals surface area contributed by atoms with Gasteiger partial charge in [-0.25, -0.2) is 4.39 Å². The molecule has 0 saturated heterocycles. The van der Waals surface area contributed by atoms with Crippen LogP contribution in [0.15, 0.2) is 48.0 Å². The molecule has 18 heavy (non-hydrogen) atoms. The minimum Gasteiger partial charge on any atom is -0.289 e. The van der Waals surface area contributed by atoms with Crippen molar-refractivity contribution in [3.05, 3.63) is 64.9 Å². The standard InChI is InChI=1S/C14H8FNOS/c15-11-3-1-9(2-4-11)14(17)10-7-13-12(16-8-10)5-6-18-13/h1-8H. The lowest BCUT2D eigenvalue weighted by molar-refractivity contribution is 0.103. The molecule has 0 aliphatic carbocycles. The second-order valence-corrected chi connectivity index (χ2v) is 4.81. The van der Waals surface area contributed by atoms with Crippen LogP contribution in [0.4, 0.5) is 4.39 Å². The van der Waals surface area contributed by atoms with E-state index in [1.807, 2.05) is 17.5 Å². The number of benzene rings is 1. The van der Waals surface area contributed by atoms with E-state index in [1.165, 1.54) is 24.3 Å². The molecular weight excluding hydrogens is 249 g/mol. The highest BCUT2D eigenvalue weighted by Crippen LogP contribution is 2.21. The van der Waals surface area contributed by atoms with Gasteiger partial charge in [0.05, 0.1) is 10.2 Å². The van der Waals surface area contributed by atoms with Crippen LogP contribution in [0.3, 0.4) is 0 Å². The molecule has 4 heteroatoms. The molecule has 0 radical (unpaired) electrons. The number of halogens is 1. The average molecular weight is 257 g/mol. The van der Waals surface area contributed by atoms with E-state index in [-0.39, 0.29) is 11.6 Å². The van der Waals surface area contributed by atoms with Crippen LogP contribution in [-0.2, 0) is 0 Å². The fourth-order valence-electron chi connectivity index (χ4n) is 1.74. The zero-order valence-corrected chi connectivity index (χ0v) is 10.1. The predicted molar refractivity (Wildman–Crippen MR) is 69.5 cm³/mol. The first-order chi connectivity index (χ1) is 8.74. The van der Waals surface area contributed by atoms with Gasteiger partial charge < -0.3 is 0 Å². The van der Waals surface area contributed by atoms with Crippen LogP contribution in [0.5, 0.6) is 0 Å². The van der Waals surface area contributed by atoms with E-state index in [1.54, 1.807) is 17.5 Å². The number of carbonyl (C=O) groups is 1. The van der Waals surface area contributed by atoms with Gasteiger partial charge in [0.25, 0.3) is 0 Å². The van der Waals surface area contributed by atoms with E-state index in [2.05, 4.69) is 4.98 Å². The smallest absolute Gasteiger partial charge is 0.194 e. The fraction of sp³-hybridized carbons (Fsp3) is 0. The third-order valence-corrected chi connectivity index (χ3v) is 3.52. The lowest BCUT2D eigenvalue weighted by atomic mass is 10.1. The second-order valence-electron chi connectivity index (χ2n) is 3.86. The van der Waals surface area contributed by atoms with Crippen LogP contribution in [0, 0.1) is 5.82 Å². The highest BCUT2D eigenvalue weighted by molar-refractivity contribution is 7.17. The average Bonchev–Trinajstić information content (AvgIpc) is 2.86. The van der Waals surface area contributed by atoms with E-state index in [4.69, 9.17) is 0 Å².